The van der Waals surface area contributed by atoms with E-state index < -0.39 is 0 Å². The second-order valence-corrected chi connectivity index (χ2v) is 4.56. The normalized spacial score (nSPS) is 9.54. The summed E-state index contributed by atoms with van der Waals surface area (Å²) in [7, 11) is 0. The zero-order valence-corrected chi connectivity index (χ0v) is 11.3. The first kappa shape index (κ1) is 11.3. The highest BCUT2D eigenvalue weighted by molar-refractivity contribution is 9.11. The third-order valence-corrected chi connectivity index (χ3v) is 3.82. The molecule has 0 N–H and O–H groups in total. The van der Waals surface area contributed by atoms with E-state index in [2.05, 4.69) is 54.2 Å². The van der Waals surface area contributed by atoms with Gasteiger partial charge in [-0.3, -0.25) is 0 Å². The lowest BCUT2D eigenvalue weighted by molar-refractivity contribution is 1.37. The van der Waals surface area contributed by atoms with Gasteiger partial charge in [-0.2, -0.15) is 4.99 Å². The van der Waals surface area contributed by atoms with Crippen molar-refractivity contribution >= 4 is 66.5 Å². The number of aryl methyl sites for hydroxylation is 1. The van der Waals surface area contributed by atoms with Crippen molar-refractivity contribution in [3.8, 4) is 0 Å². The molecule has 0 radical (unpaired) electrons. The average Bonchev–Trinajstić information content (AvgIpc) is 2.09. The van der Waals surface area contributed by atoms with Gasteiger partial charge in [-0.25, -0.2) is 0 Å². The van der Waals surface area contributed by atoms with Gasteiger partial charge >= 0.3 is 0 Å². The van der Waals surface area contributed by atoms with E-state index >= 15 is 0 Å². The zero-order valence-electron chi connectivity index (χ0n) is 6.57. The quantitative estimate of drug-likeness (QED) is 0.402. The van der Waals surface area contributed by atoms with Crippen LogP contribution in [0, 0.1) is 6.92 Å². The highest BCUT2D eigenvalue weighted by Gasteiger charge is 2.10. The van der Waals surface area contributed by atoms with Crippen LogP contribution in [0.1, 0.15) is 5.56 Å². The van der Waals surface area contributed by atoms with Crippen molar-refractivity contribution in [3.63, 3.8) is 0 Å². The molecule has 0 heterocycles. The lowest BCUT2D eigenvalue weighted by atomic mass is 10.2. The minimum atomic E-state index is 0.592. The van der Waals surface area contributed by atoms with Gasteiger partial charge in [0.2, 0.25) is 0 Å². The zero-order chi connectivity index (χ0) is 10.0. The Morgan fingerprint density at radius 2 is 2.15 bits per heavy atom. The Hall–Kier alpha value is 0.270. The van der Waals surface area contributed by atoms with Gasteiger partial charge in [0, 0.05) is 4.47 Å². The van der Waals surface area contributed by atoms with Crippen LogP contribution in [0.4, 0.5) is 5.69 Å². The first-order valence-corrected chi connectivity index (χ1v) is 5.67. The number of benzene rings is 1. The Labute approximate surface area is 103 Å². The molecule has 0 atom stereocenters. The Bertz CT molecular complexity index is 400. The lowest BCUT2D eigenvalue weighted by Crippen LogP contribution is -1.80. The third kappa shape index (κ3) is 2.39. The maximum Gasteiger partial charge on any atom is 0.0926 e. The van der Waals surface area contributed by atoms with Crippen molar-refractivity contribution in [1.29, 1.82) is 0 Å². The molecule has 1 aromatic carbocycles. The number of hydrogen-bond donors (Lipinski definition) is 0. The number of thiocarbonyl (C=S) groups is 1. The van der Waals surface area contributed by atoms with Gasteiger partial charge in [0.25, 0.3) is 0 Å². The van der Waals surface area contributed by atoms with Crippen LogP contribution in [0.25, 0.3) is 0 Å². The van der Waals surface area contributed by atoms with Crippen molar-refractivity contribution in [1.82, 2.24) is 0 Å². The van der Waals surface area contributed by atoms with Gasteiger partial charge in [-0.15, -0.1) is 0 Å². The van der Waals surface area contributed by atoms with Crippen LogP contribution < -0.4 is 0 Å². The molecule has 0 saturated carbocycles. The van der Waals surface area contributed by atoms with E-state index in [1.165, 1.54) is 0 Å². The fourth-order valence-electron chi connectivity index (χ4n) is 0.887. The summed E-state index contributed by atoms with van der Waals surface area (Å²) in [5.41, 5.74) is 1.71. The molecule has 0 spiro atoms. The van der Waals surface area contributed by atoms with Crippen molar-refractivity contribution in [2.75, 3.05) is 0 Å². The molecule has 0 saturated heterocycles. The van der Waals surface area contributed by atoms with Gasteiger partial charge in [0.1, 0.15) is 0 Å². The molecule has 0 aromatic heterocycles. The topological polar surface area (TPSA) is 12.4 Å². The van der Waals surface area contributed by atoms with Crippen molar-refractivity contribution in [2.24, 2.45) is 4.99 Å². The molecule has 0 fully saturated rings. The summed E-state index contributed by atoms with van der Waals surface area (Å²) in [4.78, 5) is 3.92. The van der Waals surface area contributed by atoms with Crippen LogP contribution >= 0.6 is 55.7 Å². The minimum absolute atomic E-state index is 0.592. The van der Waals surface area contributed by atoms with E-state index in [1.807, 2.05) is 13.0 Å². The van der Waals surface area contributed by atoms with Crippen molar-refractivity contribution in [2.45, 2.75) is 6.92 Å². The van der Waals surface area contributed by atoms with Gasteiger partial charge in [0.05, 0.1) is 20.3 Å². The van der Waals surface area contributed by atoms with Crippen LogP contribution in [0.3, 0.4) is 0 Å². The van der Waals surface area contributed by atoms with Crippen LogP contribution in [0.15, 0.2) is 20.0 Å². The first-order chi connectivity index (χ1) is 6.07. The van der Waals surface area contributed by atoms with Crippen LogP contribution in [-0.2, 0) is 0 Å². The van der Waals surface area contributed by atoms with E-state index in [0.29, 0.717) is 5.02 Å². The summed E-state index contributed by atoms with van der Waals surface area (Å²) in [5, 5.41) is 2.91. The van der Waals surface area contributed by atoms with E-state index in [0.717, 1.165) is 20.2 Å². The van der Waals surface area contributed by atoms with E-state index in [9.17, 15) is 0 Å². The molecular weight excluding hydrogens is 337 g/mol. The number of isothiocyanates is 1. The standard InChI is InChI=1S/C8H4Br2ClNS/c1-4-2-5(9)7(11)6(10)8(4)12-3-13/h2H,1H3. The third-order valence-electron chi connectivity index (χ3n) is 1.48. The maximum absolute atomic E-state index is 5.97. The minimum Gasteiger partial charge on any atom is -0.193 e. The molecule has 1 nitrogen and oxygen atoms in total. The Balaban J connectivity index is 3.52. The summed E-state index contributed by atoms with van der Waals surface area (Å²) in [5.74, 6) is 0. The Kier molecular flexibility index (Phi) is 4.07. The molecular formula is C8H4Br2ClNS. The molecule has 0 bridgehead atoms. The van der Waals surface area contributed by atoms with E-state index in [4.69, 9.17) is 11.6 Å². The molecule has 0 amide bonds. The summed E-state index contributed by atoms with van der Waals surface area (Å²) in [6.45, 7) is 1.93. The monoisotopic (exact) mass is 339 g/mol. The van der Waals surface area contributed by atoms with Crippen molar-refractivity contribution in [3.05, 3.63) is 25.6 Å². The fourth-order valence-corrected chi connectivity index (χ4v) is 2.54. The highest BCUT2D eigenvalue weighted by atomic mass is 79.9. The fraction of sp³-hybridized carbons (Fsp3) is 0.125. The molecule has 0 aliphatic carbocycles. The Morgan fingerprint density at radius 1 is 1.54 bits per heavy atom. The van der Waals surface area contributed by atoms with Crippen LogP contribution in [0.5, 0.6) is 0 Å². The molecule has 13 heavy (non-hydrogen) atoms. The summed E-state index contributed by atoms with van der Waals surface area (Å²) < 4.78 is 1.57. The number of aliphatic imine (C=N–C) groups is 1. The van der Waals surface area contributed by atoms with E-state index in [-0.39, 0.29) is 0 Å². The van der Waals surface area contributed by atoms with Gasteiger partial charge < -0.3 is 0 Å². The second kappa shape index (κ2) is 4.67. The number of nitrogens with zero attached hydrogens (tertiary/aromatic N) is 1. The number of rotatable bonds is 1. The summed E-state index contributed by atoms with van der Waals surface area (Å²) in [6.07, 6.45) is 0. The molecule has 0 aliphatic rings. The van der Waals surface area contributed by atoms with Gasteiger partial charge in [-0.05, 0) is 62.6 Å². The predicted molar refractivity (Wildman–Crippen MR) is 66.3 cm³/mol. The summed E-state index contributed by atoms with van der Waals surface area (Å²) in [6, 6.07) is 1.89. The van der Waals surface area contributed by atoms with Crippen molar-refractivity contribution < 1.29 is 0 Å². The van der Waals surface area contributed by atoms with Crippen LogP contribution in [-0.4, -0.2) is 5.16 Å². The molecule has 0 unspecified atom stereocenters. The maximum atomic E-state index is 5.97. The molecule has 0 aliphatic heterocycles. The van der Waals surface area contributed by atoms with Gasteiger partial charge in [-0.1, -0.05) is 11.6 Å². The lowest BCUT2D eigenvalue weighted by Gasteiger charge is -2.05. The summed E-state index contributed by atoms with van der Waals surface area (Å²) >= 11 is 17.2. The first-order valence-electron chi connectivity index (χ1n) is 3.30. The Morgan fingerprint density at radius 3 is 2.69 bits per heavy atom. The SMILES string of the molecule is Cc1cc(Br)c(Cl)c(Br)c1N=C=S. The second-order valence-electron chi connectivity index (χ2n) is 2.35. The van der Waals surface area contributed by atoms with E-state index in [1.54, 1.807) is 0 Å². The molecule has 5 heteroatoms. The smallest absolute Gasteiger partial charge is 0.0926 e. The largest absolute Gasteiger partial charge is 0.193 e. The number of hydrogen-bond acceptors (Lipinski definition) is 2. The predicted octanol–water partition coefficient (Wildman–Crippen LogP) is 4.91. The van der Waals surface area contributed by atoms with Gasteiger partial charge in [0.15, 0.2) is 0 Å². The highest BCUT2D eigenvalue weighted by Crippen LogP contribution is 2.39. The number of halogens is 3. The van der Waals surface area contributed by atoms with Crippen LogP contribution in [0.2, 0.25) is 5.02 Å². The molecule has 1 rings (SSSR count). The molecule has 1 aromatic rings. The molecule has 68 valence electrons. The average molecular weight is 341 g/mol.